The maximum atomic E-state index is 11.1. The number of carbonyl (C=O) groups is 1. The highest BCUT2D eigenvalue weighted by atomic mass is 16.5. The van der Waals surface area contributed by atoms with Crippen molar-refractivity contribution < 1.29 is 9.53 Å². The largest absolute Gasteiger partial charge is 0.422 e. The van der Waals surface area contributed by atoms with E-state index in [1.165, 1.54) is 6.92 Å². The summed E-state index contributed by atoms with van der Waals surface area (Å²) < 4.78 is 6.95. The van der Waals surface area contributed by atoms with E-state index in [2.05, 4.69) is 5.10 Å². The topological polar surface area (TPSA) is 44.1 Å². The van der Waals surface area contributed by atoms with E-state index < -0.39 is 0 Å². The van der Waals surface area contributed by atoms with Crippen LogP contribution >= 0.6 is 0 Å². The summed E-state index contributed by atoms with van der Waals surface area (Å²) in [5.41, 5.74) is 2.51. The number of carbonyl (C=O) groups excluding carboxylic acids is 1. The smallest absolute Gasteiger partial charge is 0.308 e. The lowest BCUT2D eigenvalue weighted by molar-refractivity contribution is -0.131. The van der Waals surface area contributed by atoms with Gasteiger partial charge in [-0.05, 0) is 6.92 Å². The molecular formula is C13H14N2O2. The number of esters is 1. The number of benzene rings is 1. The Morgan fingerprint density at radius 1 is 1.29 bits per heavy atom. The van der Waals surface area contributed by atoms with E-state index in [1.54, 1.807) is 4.68 Å². The highest BCUT2D eigenvalue weighted by Gasteiger charge is 2.17. The highest BCUT2D eigenvalue weighted by Crippen LogP contribution is 2.32. The molecule has 1 aromatic carbocycles. The Balaban J connectivity index is 2.56. The predicted molar refractivity (Wildman–Crippen MR) is 64.7 cm³/mol. The fourth-order valence-corrected chi connectivity index (χ4v) is 1.82. The number of hydrogen-bond acceptors (Lipinski definition) is 3. The van der Waals surface area contributed by atoms with Crippen molar-refractivity contribution in [1.82, 2.24) is 9.78 Å². The SMILES string of the molecule is CC(=O)Oc1c(C)nn(C)c1-c1ccccc1. The Kier molecular flexibility index (Phi) is 2.95. The number of ether oxygens (including phenoxy) is 1. The van der Waals surface area contributed by atoms with Gasteiger partial charge in [0.25, 0.3) is 0 Å². The molecule has 0 atom stereocenters. The molecular weight excluding hydrogens is 216 g/mol. The molecule has 0 aliphatic carbocycles. The summed E-state index contributed by atoms with van der Waals surface area (Å²) in [6, 6.07) is 9.75. The molecule has 0 saturated heterocycles. The molecule has 1 aromatic heterocycles. The predicted octanol–water partition coefficient (Wildman–Crippen LogP) is 2.32. The standard InChI is InChI=1S/C13H14N2O2/c1-9-13(17-10(2)16)12(15(3)14-9)11-7-5-4-6-8-11/h4-8H,1-3H3. The summed E-state index contributed by atoms with van der Waals surface area (Å²) in [5.74, 6) is 0.199. The molecule has 0 saturated carbocycles. The number of rotatable bonds is 2. The van der Waals surface area contributed by atoms with Crippen molar-refractivity contribution >= 4 is 5.97 Å². The first-order chi connectivity index (χ1) is 8.09. The third kappa shape index (κ3) is 2.20. The summed E-state index contributed by atoms with van der Waals surface area (Å²) in [6.45, 7) is 3.21. The average Bonchev–Trinajstić information content (AvgIpc) is 2.54. The van der Waals surface area contributed by atoms with E-state index in [4.69, 9.17) is 4.74 Å². The molecule has 17 heavy (non-hydrogen) atoms. The van der Waals surface area contributed by atoms with Crippen molar-refractivity contribution in [2.75, 3.05) is 0 Å². The lowest BCUT2D eigenvalue weighted by atomic mass is 10.1. The van der Waals surface area contributed by atoms with Gasteiger partial charge in [0.05, 0.1) is 0 Å². The van der Waals surface area contributed by atoms with Crippen LogP contribution in [0.15, 0.2) is 30.3 Å². The second-order valence-corrected chi connectivity index (χ2v) is 3.85. The molecule has 0 aliphatic heterocycles. The highest BCUT2D eigenvalue weighted by molar-refractivity contribution is 5.75. The minimum Gasteiger partial charge on any atom is -0.422 e. The van der Waals surface area contributed by atoms with Crippen LogP contribution in [0.2, 0.25) is 0 Å². The third-order valence-electron chi connectivity index (χ3n) is 2.46. The maximum absolute atomic E-state index is 11.1. The molecule has 88 valence electrons. The minimum absolute atomic E-state index is 0.335. The Morgan fingerprint density at radius 2 is 1.94 bits per heavy atom. The fourth-order valence-electron chi connectivity index (χ4n) is 1.82. The van der Waals surface area contributed by atoms with E-state index >= 15 is 0 Å². The Hall–Kier alpha value is -2.10. The minimum atomic E-state index is -0.335. The molecule has 2 aromatic rings. The van der Waals surface area contributed by atoms with Crippen LogP contribution in [-0.2, 0) is 11.8 Å². The molecule has 0 bridgehead atoms. The van der Waals surface area contributed by atoms with Crippen molar-refractivity contribution in [3.05, 3.63) is 36.0 Å². The van der Waals surface area contributed by atoms with Gasteiger partial charge in [0.2, 0.25) is 0 Å². The zero-order chi connectivity index (χ0) is 12.4. The van der Waals surface area contributed by atoms with Gasteiger partial charge in [-0.25, -0.2) is 0 Å². The van der Waals surface area contributed by atoms with Gasteiger partial charge < -0.3 is 4.74 Å². The molecule has 0 aliphatic rings. The van der Waals surface area contributed by atoms with Gasteiger partial charge in [0.15, 0.2) is 5.75 Å². The van der Waals surface area contributed by atoms with Gasteiger partial charge in [-0.3, -0.25) is 9.48 Å². The molecule has 0 radical (unpaired) electrons. The molecule has 0 amide bonds. The van der Waals surface area contributed by atoms with Crippen LogP contribution in [0.1, 0.15) is 12.6 Å². The van der Waals surface area contributed by atoms with Crippen molar-refractivity contribution in [2.24, 2.45) is 7.05 Å². The maximum Gasteiger partial charge on any atom is 0.308 e. The lowest BCUT2D eigenvalue weighted by Crippen LogP contribution is -2.03. The van der Waals surface area contributed by atoms with Gasteiger partial charge in [0.1, 0.15) is 11.4 Å². The van der Waals surface area contributed by atoms with Crippen molar-refractivity contribution in [3.63, 3.8) is 0 Å². The quantitative estimate of drug-likeness (QED) is 0.744. The second kappa shape index (κ2) is 4.41. The van der Waals surface area contributed by atoms with Gasteiger partial charge >= 0.3 is 5.97 Å². The molecule has 0 fully saturated rings. The summed E-state index contributed by atoms with van der Waals surface area (Å²) in [5, 5.41) is 4.28. The lowest BCUT2D eigenvalue weighted by Gasteiger charge is -2.05. The number of aromatic nitrogens is 2. The molecule has 0 unspecified atom stereocenters. The summed E-state index contributed by atoms with van der Waals surface area (Å²) >= 11 is 0. The first-order valence-electron chi connectivity index (χ1n) is 5.37. The van der Waals surface area contributed by atoms with Crippen molar-refractivity contribution in [3.8, 4) is 17.0 Å². The zero-order valence-corrected chi connectivity index (χ0v) is 10.1. The van der Waals surface area contributed by atoms with Crippen LogP contribution < -0.4 is 4.74 Å². The van der Waals surface area contributed by atoms with Crippen LogP contribution in [0.3, 0.4) is 0 Å². The van der Waals surface area contributed by atoms with E-state index in [0.29, 0.717) is 11.4 Å². The first kappa shape index (κ1) is 11.4. The Bertz CT molecular complexity index is 544. The van der Waals surface area contributed by atoms with Crippen LogP contribution in [0.25, 0.3) is 11.3 Å². The molecule has 0 N–H and O–H groups in total. The van der Waals surface area contributed by atoms with E-state index in [0.717, 1.165) is 11.3 Å². The summed E-state index contributed by atoms with van der Waals surface area (Å²) in [4.78, 5) is 11.1. The van der Waals surface area contributed by atoms with Crippen LogP contribution in [-0.4, -0.2) is 15.7 Å². The van der Waals surface area contributed by atoms with Crippen LogP contribution in [0.4, 0.5) is 0 Å². The fraction of sp³-hybridized carbons (Fsp3) is 0.231. The number of nitrogens with zero attached hydrogens (tertiary/aromatic N) is 2. The van der Waals surface area contributed by atoms with Gasteiger partial charge in [-0.15, -0.1) is 0 Å². The number of aryl methyl sites for hydroxylation is 2. The van der Waals surface area contributed by atoms with Crippen LogP contribution in [0, 0.1) is 6.92 Å². The molecule has 4 nitrogen and oxygen atoms in total. The van der Waals surface area contributed by atoms with Crippen LogP contribution in [0.5, 0.6) is 5.75 Å². The van der Waals surface area contributed by atoms with Gasteiger partial charge in [0, 0.05) is 19.5 Å². The first-order valence-corrected chi connectivity index (χ1v) is 5.37. The van der Waals surface area contributed by atoms with E-state index in [9.17, 15) is 4.79 Å². The monoisotopic (exact) mass is 230 g/mol. The molecule has 0 spiro atoms. The normalized spacial score (nSPS) is 10.3. The van der Waals surface area contributed by atoms with E-state index in [1.807, 2.05) is 44.3 Å². The van der Waals surface area contributed by atoms with E-state index in [-0.39, 0.29) is 5.97 Å². The Labute approximate surface area is 99.8 Å². The van der Waals surface area contributed by atoms with Gasteiger partial charge in [-0.2, -0.15) is 5.10 Å². The van der Waals surface area contributed by atoms with Gasteiger partial charge in [-0.1, -0.05) is 30.3 Å². The van der Waals surface area contributed by atoms with Crippen molar-refractivity contribution in [1.29, 1.82) is 0 Å². The zero-order valence-electron chi connectivity index (χ0n) is 10.1. The molecule has 2 rings (SSSR count). The van der Waals surface area contributed by atoms with Crippen molar-refractivity contribution in [2.45, 2.75) is 13.8 Å². The average molecular weight is 230 g/mol. The molecule has 1 heterocycles. The molecule has 4 heteroatoms. The summed E-state index contributed by atoms with van der Waals surface area (Å²) in [6.07, 6.45) is 0. The Morgan fingerprint density at radius 3 is 2.53 bits per heavy atom. The summed E-state index contributed by atoms with van der Waals surface area (Å²) in [7, 11) is 1.84. The second-order valence-electron chi connectivity index (χ2n) is 3.85. The number of hydrogen-bond donors (Lipinski definition) is 0. The third-order valence-corrected chi connectivity index (χ3v) is 2.46.